The number of nitrogens with zero attached hydrogens (tertiary/aromatic N) is 2. The van der Waals surface area contributed by atoms with E-state index in [9.17, 15) is 4.79 Å². The first kappa shape index (κ1) is 22.0. The molecule has 0 bridgehead atoms. The third-order valence-corrected chi connectivity index (χ3v) is 5.65. The number of likely N-dealkylation sites (tertiary alicyclic amines) is 1. The number of halogens is 1. The Balaban J connectivity index is 0.00000261. The number of benzene rings is 1. The lowest BCUT2D eigenvalue weighted by atomic mass is 9.82. The molecule has 0 spiro atoms. The molecule has 2 unspecified atom stereocenters. The molecule has 2 atom stereocenters. The topological polar surface area (TPSA) is 53.9 Å². The van der Waals surface area contributed by atoms with Gasteiger partial charge in [0, 0.05) is 26.2 Å². The van der Waals surface area contributed by atoms with Crippen molar-refractivity contribution >= 4 is 35.9 Å². The highest BCUT2D eigenvalue weighted by molar-refractivity contribution is 14.0. The summed E-state index contributed by atoms with van der Waals surface area (Å²) in [5, 5.41) is 3.47. The van der Waals surface area contributed by atoms with Gasteiger partial charge in [-0.25, -0.2) is 4.79 Å². The van der Waals surface area contributed by atoms with Crippen LogP contribution in [0.25, 0.3) is 0 Å². The molecule has 0 radical (unpaired) electrons. The standard InChI is InChI=1S/C21H31N3O2.HI/c1-3-22-21(24-14-18-6-4-5-7-19(18)15-24)23-13-12-16-8-10-17(11-9-16)20(25)26-2;/h8-11,18-19H,3-7,12-15H2,1-2H3,(H,22,23);1H. The van der Waals surface area contributed by atoms with E-state index in [1.54, 1.807) is 0 Å². The number of aliphatic imine (C=N–C) groups is 1. The number of guanidine groups is 1. The van der Waals surface area contributed by atoms with Crippen LogP contribution < -0.4 is 5.32 Å². The molecular weight excluding hydrogens is 453 g/mol. The fourth-order valence-corrected chi connectivity index (χ4v) is 4.22. The lowest BCUT2D eigenvalue weighted by Crippen LogP contribution is -2.40. The average Bonchev–Trinajstić information content (AvgIpc) is 3.11. The molecule has 1 aliphatic heterocycles. The summed E-state index contributed by atoms with van der Waals surface area (Å²) in [6, 6.07) is 7.61. The molecular formula is C21H32IN3O2. The summed E-state index contributed by atoms with van der Waals surface area (Å²) in [5.74, 6) is 2.49. The van der Waals surface area contributed by atoms with Gasteiger partial charge in [-0.1, -0.05) is 25.0 Å². The molecule has 6 heteroatoms. The van der Waals surface area contributed by atoms with Crippen LogP contribution in [0.15, 0.2) is 29.3 Å². The van der Waals surface area contributed by atoms with Gasteiger partial charge in [-0.05, 0) is 55.7 Å². The van der Waals surface area contributed by atoms with Gasteiger partial charge in [0.15, 0.2) is 5.96 Å². The Morgan fingerprint density at radius 1 is 1.19 bits per heavy atom. The number of methoxy groups -OCH3 is 1. The van der Waals surface area contributed by atoms with Crippen molar-refractivity contribution in [1.29, 1.82) is 0 Å². The van der Waals surface area contributed by atoms with Gasteiger partial charge in [0.05, 0.1) is 12.7 Å². The van der Waals surface area contributed by atoms with E-state index in [0.29, 0.717) is 5.56 Å². The first-order valence-electron chi connectivity index (χ1n) is 9.91. The molecule has 1 saturated heterocycles. The molecule has 1 aromatic rings. The van der Waals surface area contributed by atoms with E-state index in [0.717, 1.165) is 50.4 Å². The molecule has 1 N–H and O–H groups in total. The van der Waals surface area contributed by atoms with Gasteiger partial charge >= 0.3 is 5.97 Å². The van der Waals surface area contributed by atoms with Gasteiger partial charge < -0.3 is 15.0 Å². The highest BCUT2D eigenvalue weighted by Gasteiger charge is 2.35. The van der Waals surface area contributed by atoms with Crippen molar-refractivity contribution in [1.82, 2.24) is 10.2 Å². The minimum atomic E-state index is -0.292. The summed E-state index contributed by atoms with van der Waals surface area (Å²) < 4.78 is 4.74. The highest BCUT2D eigenvalue weighted by Crippen LogP contribution is 2.35. The molecule has 1 aliphatic carbocycles. The summed E-state index contributed by atoms with van der Waals surface area (Å²) in [6.07, 6.45) is 6.42. The summed E-state index contributed by atoms with van der Waals surface area (Å²) in [6.45, 7) is 6.10. The third-order valence-electron chi connectivity index (χ3n) is 5.65. The molecule has 0 amide bonds. The van der Waals surface area contributed by atoms with E-state index in [1.165, 1.54) is 38.4 Å². The maximum absolute atomic E-state index is 11.5. The van der Waals surface area contributed by atoms with Crippen molar-refractivity contribution in [2.24, 2.45) is 16.8 Å². The second-order valence-corrected chi connectivity index (χ2v) is 7.38. The highest BCUT2D eigenvalue weighted by atomic mass is 127. The Labute approximate surface area is 180 Å². The van der Waals surface area contributed by atoms with Gasteiger partial charge in [0.1, 0.15) is 0 Å². The number of carbonyl (C=O) groups is 1. The van der Waals surface area contributed by atoms with E-state index < -0.39 is 0 Å². The largest absolute Gasteiger partial charge is 0.465 e. The molecule has 5 nitrogen and oxygen atoms in total. The van der Waals surface area contributed by atoms with Gasteiger partial charge in [-0.3, -0.25) is 4.99 Å². The van der Waals surface area contributed by atoms with E-state index in [4.69, 9.17) is 9.73 Å². The number of fused-ring (bicyclic) bond motifs is 1. The number of nitrogens with one attached hydrogen (secondary N) is 1. The Morgan fingerprint density at radius 2 is 1.81 bits per heavy atom. The summed E-state index contributed by atoms with van der Waals surface area (Å²) in [7, 11) is 1.40. The van der Waals surface area contributed by atoms with E-state index in [1.807, 2.05) is 24.3 Å². The number of hydrogen-bond donors (Lipinski definition) is 1. The maximum Gasteiger partial charge on any atom is 0.337 e. The molecule has 0 aromatic heterocycles. The Morgan fingerprint density at radius 3 is 2.37 bits per heavy atom. The third kappa shape index (κ3) is 5.83. The molecule has 2 fully saturated rings. The number of hydrogen-bond acceptors (Lipinski definition) is 3. The molecule has 1 saturated carbocycles. The Kier molecular flexibility index (Phi) is 8.86. The van der Waals surface area contributed by atoms with Crippen LogP contribution in [0.2, 0.25) is 0 Å². The summed E-state index contributed by atoms with van der Waals surface area (Å²) >= 11 is 0. The van der Waals surface area contributed by atoms with Crippen LogP contribution in [0.5, 0.6) is 0 Å². The van der Waals surface area contributed by atoms with Crippen LogP contribution in [0, 0.1) is 11.8 Å². The number of carbonyl (C=O) groups excluding carboxylic acids is 1. The zero-order valence-corrected chi connectivity index (χ0v) is 18.8. The van der Waals surface area contributed by atoms with Crippen molar-refractivity contribution in [3.8, 4) is 0 Å². The lowest BCUT2D eigenvalue weighted by molar-refractivity contribution is 0.0600. The van der Waals surface area contributed by atoms with Crippen LogP contribution in [-0.4, -0.2) is 50.1 Å². The van der Waals surface area contributed by atoms with Crippen molar-refractivity contribution in [3.63, 3.8) is 0 Å². The Hall–Kier alpha value is -1.31. The maximum atomic E-state index is 11.5. The fraction of sp³-hybridized carbons (Fsp3) is 0.619. The monoisotopic (exact) mass is 485 g/mol. The van der Waals surface area contributed by atoms with Gasteiger partial charge in [-0.15, -0.1) is 24.0 Å². The minimum Gasteiger partial charge on any atom is -0.465 e. The smallest absolute Gasteiger partial charge is 0.337 e. The van der Waals surface area contributed by atoms with Crippen LogP contribution in [0.4, 0.5) is 0 Å². The van der Waals surface area contributed by atoms with Crippen LogP contribution in [0.3, 0.4) is 0 Å². The Bertz CT molecular complexity index is 619. The van der Waals surface area contributed by atoms with Crippen molar-refractivity contribution in [3.05, 3.63) is 35.4 Å². The first-order valence-corrected chi connectivity index (χ1v) is 9.91. The van der Waals surface area contributed by atoms with Crippen LogP contribution >= 0.6 is 24.0 Å². The number of rotatable bonds is 5. The summed E-state index contributed by atoms with van der Waals surface area (Å²) in [4.78, 5) is 18.8. The zero-order chi connectivity index (χ0) is 18.4. The number of ether oxygens (including phenoxy) is 1. The normalized spacial score (nSPS) is 22.0. The van der Waals surface area contributed by atoms with Crippen molar-refractivity contribution < 1.29 is 9.53 Å². The van der Waals surface area contributed by atoms with Gasteiger partial charge in [0.25, 0.3) is 0 Å². The molecule has 3 rings (SSSR count). The van der Waals surface area contributed by atoms with E-state index in [-0.39, 0.29) is 29.9 Å². The van der Waals surface area contributed by atoms with Crippen molar-refractivity contribution in [2.75, 3.05) is 33.3 Å². The van der Waals surface area contributed by atoms with Crippen molar-refractivity contribution in [2.45, 2.75) is 39.0 Å². The predicted molar refractivity (Wildman–Crippen MR) is 120 cm³/mol. The molecule has 27 heavy (non-hydrogen) atoms. The fourth-order valence-electron chi connectivity index (χ4n) is 4.22. The van der Waals surface area contributed by atoms with E-state index >= 15 is 0 Å². The second kappa shape index (κ2) is 10.9. The van der Waals surface area contributed by atoms with Crippen LogP contribution in [-0.2, 0) is 11.2 Å². The average molecular weight is 485 g/mol. The van der Waals surface area contributed by atoms with Gasteiger partial charge in [0.2, 0.25) is 0 Å². The first-order chi connectivity index (χ1) is 12.7. The predicted octanol–water partition coefficient (Wildman–Crippen LogP) is 3.72. The van der Waals surface area contributed by atoms with Crippen LogP contribution in [0.1, 0.15) is 48.5 Å². The number of esters is 1. The van der Waals surface area contributed by atoms with E-state index in [2.05, 4.69) is 17.1 Å². The zero-order valence-electron chi connectivity index (χ0n) is 16.4. The molecule has 1 aromatic carbocycles. The quantitative estimate of drug-likeness (QED) is 0.299. The lowest BCUT2D eigenvalue weighted by Gasteiger charge is -2.22. The molecule has 2 aliphatic rings. The summed E-state index contributed by atoms with van der Waals surface area (Å²) in [5.41, 5.74) is 1.78. The SMILES string of the molecule is CCNC(=NCCc1ccc(C(=O)OC)cc1)N1CC2CCCCC2C1.I. The van der Waals surface area contributed by atoms with Gasteiger partial charge in [-0.2, -0.15) is 0 Å². The molecule has 1 heterocycles. The minimum absolute atomic E-state index is 0. The molecule has 150 valence electrons. The second-order valence-electron chi connectivity index (χ2n) is 7.38.